The fraction of sp³-hybridized carbons (Fsp3) is 0.0667. The number of hydrogen-bond donors (Lipinski definition) is 0. The lowest BCUT2D eigenvalue weighted by Crippen LogP contribution is -1.99. The highest BCUT2D eigenvalue weighted by molar-refractivity contribution is 6.31. The third kappa shape index (κ3) is 2.90. The topological polar surface area (TPSA) is 9.23 Å². The Bertz CT molecular complexity index is 529. The largest absolute Gasteiger partial charge is 0.489 e. The van der Waals surface area contributed by atoms with Crippen LogP contribution in [0.1, 0.15) is 11.1 Å². The predicted octanol–water partition coefficient (Wildman–Crippen LogP) is 4.70. The number of benzene rings is 2. The molecule has 0 aliphatic heterocycles. The standard InChI is InChI=1S/C15H12ClFO/c1-2-11-6-8-12(9-7-11)18-10-13-14(16)4-3-5-15(13)17/h2-9H,1,10H2. The Balaban J connectivity index is 2.09. The second-order valence-electron chi connectivity index (χ2n) is 3.76. The van der Waals surface area contributed by atoms with Crippen LogP contribution in [0.5, 0.6) is 5.75 Å². The van der Waals surface area contributed by atoms with Crippen LogP contribution in [0.15, 0.2) is 49.0 Å². The van der Waals surface area contributed by atoms with Gasteiger partial charge in [0.2, 0.25) is 0 Å². The van der Waals surface area contributed by atoms with Gasteiger partial charge in [-0.1, -0.05) is 42.5 Å². The quantitative estimate of drug-likeness (QED) is 0.776. The van der Waals surface area contributed by atoms with Crippen molar-refractivity contribution in [3.63, 3.8) is 0 Å². The van der Waals surface area contributed by atoms with E-state index in [0.717, 1.165) is 5.56 Å². The summed E-state index contributed by atoms with van der Waals surface area (Å²) < 4.78 is 19.0. The van der Waals surface area contributed by atoms with Gasteiger partial charge in [-0.3, -0.25) is 0 Å². The molecule has 0 bridgehead atoms. The lowest BCUT2D eigenvalue weighted by molar-refractivity contribution is 0.300. The molecule has 2 aromatic carbocycles. The summed E-state index contributed by atoms with van der Waals surface area (Å²) in [5.74, 6) is 0.310. The first kappa shape index (κ1) is 12.7. The second-order valence-corrected chi connectivity index (χ2v) is 4.17. The van der Waals surface area contributed by atoms with Crippen LogP contribution in [-0.4, -0.2) is 0 Å². The molecule has 0 atom stereocenters. The van der Waals surface area contributed by atoms with Crippen molar-refractivity contribution < 1.29 is 9.13 Å². The Morgan fingerprint density at radius 1 is 1.17 bits per heavy atom. The van der Waals surface area contributed by atoms with E-state index in [1.54, 1.807) is 18.2 Å². The van der Waals surface area contributed by atoms with Crippen molar-refractivity contribution in [1.82, 2.24) is 0 Å². The summed E-state index contributed by atoms with van der Waals surface area (Å²) in [4.78, 5) is 0. The van der Waals surface area contributed by atoms with Gasteiger partial charge in [-0.2, -0.15) is 0 Å². The average Bonchev–Trinajstić information content (AvgIpc) is 2.39. The SMILES string of the molecule is C=Cc1ccc(OCc2c(F)cccc2Cl)cc1. The zero-order chi connectivity index (χ0) is 13.0. The molecule has 2 rings (SSSR count). The summed E-state index contributed by atoms with van der Waals surface area (Å²) in [6.07, 6.45) is 1.75. The fourth-order valence-corrected chi connectivity index (χ4v) is 1.74. The van der Waals surface area contributed by atoms with Gasteiger partial charge in [-0.15, -0.1) is 0 Å². The van der Waals surface area contributed by atoms with Gasteiger partial charge in [-0.05, 0) is 29.8 Å². The van der Waals surface area contributed by atoms with Crippen molar-refractivity contribution in [3.8, 4) is 5.75 Å². The molecule has 0 aromatic heterocycles. The van der Waals surface area contributed by atoms with E-state index in [-0.39, 0.29) is 12.4 Å². The van der Waals surface area contributed by atoms with Crippen LogP contribution in [0.2, 0.25) is 5.02 Å². The average molecular weight is 263 g/mol. The highest BCUT2D eigenvalue weighted by Crippen LogP contribution is 2.21. The zero-order valence-corrected chi connectivity index (χ0v) is 10.5. The van der Waals surface area contributed by atoms with Crippen molar-refractivity contribution in [2.45, 2.75) is 6.61 Å². The van der Waals surface area contributed by atoms with Crippen LogP contribution in [-0.2, 0) is 6.61 Å². The molecule has 0 radical (unpaired) electrons. The van der Waals surface area contributed by atoms with Crippen molar-refractivity contribution in [1.29, 1.82) is 0 Å². The fourth-order valence-electron chi connectivity index (χ4n) is 1.53. The van der Waals surface area contributed by atoms with E-state index in [0.29, 0.717) is 16.3 Å². The van der Waals surface area contributed by atoms with Gasteiger partial charge in [0, 0.05) is 5.56 Å². The molecule has 0 saturated heterocycles. The highest BCUT2D eigenvalue weighted by atomic mass is 35.5. The van der Waals surface area contributed by atoms with Crippen LogP contribution in [0.4, 0.5) is 4.39 Å². The monoisotopic (exact) mass is 262 g/mol. The Morgan fingerprint density at radius 3 is 2.50 bits per heavy atom. The van der Waals surface area contributed by atoms with Crippen molar-refractivity contribution in [2.24, 2.45) is 0 Å². The summed E-state index contributed by atoms with van der Waals surface area (Å²) in [6.45, 7) is 3.78. The molecule has 3 heteroatoms. The van der Waals surface area contributed by atoms with Crippen LogP contribution >= 0.6 is 11.6 Å². The maximum atomic E-state index is 13.5. The molecule has 1 nitrogen and oxygen atoms in total. The minimum absolute atomic E-state index is 0.110. The first-order valence-electron chi connectivity index (χ1n) is 5.49. The molecular formula is C15H12ClFO. The maximum absolute atomic E-state index is 13.5. The van der Waals surface area contributed by atoms with Crippen molar-refractivity contribution in [3.05, 3.63) is 71.0 Å². The van der Waals surface area contributed by atoms with Crippen molar-refractivity contribution in [2.75, 3.05) is 0 Å². The normalized spacial score (nSPS) is 10.1. The molecule has 92 valence electrons. The molecule has 0 heterocycles. The van der Waals surface area contributed by atoms with Crippen LogP contribution in [0, 0.1) is 5.82 Å². The minimum atomic E-state index is -0.356. The van der Waals surface area contributed by atoms with Gasteiger partial charge < -0.3 is 4.74 Å². The Labute approximate surface area is 110 Å². The first-order valence-corrected chi connectivity index (χ1v) is 5.86. The summed E-state index contributed by atoms with van der Waals surface area (Å²) >= 11 is 5.91. The summed E-state index contributed by atoms with van der Waals surface area (Å²) in [5.41, 5.74) is 1.37. The van der Waals surface area contributed by atoms with Crippen molar-refractivity contribution >= 4 is 17.7 Å². The molecule has 0 saturated carbocycles. The second kappa shape index (κ2) is 5.69. The van der Waals surface area contributed by atoms with Gasteiger partial charge in [-0.25, -0.2) is 4.39 Å². The van der Waals surface area contributed by atoms with Crippen LogP contribution < -0.4 is 4.74 Å². The van der Waals surface area contributed by atoms with Crippen LogP contribution in [0.25, 0.3) is 6.08 Å². The molecule has 0 amide bonds. The van der Waals surface area contributed by atoms with Gasteiger partial charge in [0.15, 0.2) is 0 Å². The van der Waals surface area contributed by atoms with E-state index in [4.69, 9.17) is 16.3 Å². The maximum Gasteiger partial charge on any atom is 0.131 e. The van der Waals surface area contributed by atoms with E-state index in [1.807, 2.05) is 24.3 Å². The Hall–Kier alpha value is -1.80. The summed E-state index contributed by atoms with van der Waals surface area (Å²) in [7, 11) is 0. The first-order chi connectivity index (χ1) is 8.70. The molecule has 0 N–H and O–H groups in total. The van der Waals surface area contributed by atoms with E-state index < -0.39 is 0 Å². The zero-order valence-electron chi connectivity index (χ0n) is 9.70. The third-order valence-corrected chi connectivity index (χ3v) is 2.91. The Kier molecular flexibility index (Phi) is 4.00. The van der Waals surface area contributed by atoms with E-state index >= 15 is 0 Å². The number of ether oxygens (including phenoxy) is 1. The van der Waals surface area contributed by atoms with E-state index in [1.165, 1.54) is 6.07 Å². The molecule has 0 aliphatic rings. The van der Waals surface area contributed by atoms with Gasteiger partial charge in [0.25, 0.3) is 0 Å². The van der Waals surface area contributed by atoms with Gasteiger partial charge in [0.1, 0.15) is 18.2 Å². The minimum Gasteiger partial charge on any atom is -0.489 e. The molecule has 0 aliphatic carbocycles. The molecular weight excluding hydrogens is 251 g/mol. The number of hydrogen-bond acceptors (Lipinski definition) is 1. The smallest absolute Gasteiger partial charge is 0.131 e. The van der Waals surface area contributed by atoms with E-state index in [2.05, 4.69) is 6.58 Å². The molecule has 18 heavy (non-hydrogen) atoms. The molecule has 2 aromatic rings. The lowest BCUT2D eigenvalue weighted by Gasteiger charge is -2.08. The van der Waals surface area contributed by atoms with E-state index in [9.17, 15) is 4.39 Å². The highest BCUT2D eigenvalue weighted by Gasteiger charge is 2.07. The number of rotatable bonds is 4. The third-order valence-electron chi connectivity index (χ3n) is 2.56. The predicted molar refractivity (Wildman–Crippen MR) is 72.3 cm³/mol. The lowest BCUT2D eigenvalue weighted by atomic mass is 10.2. The van der Waals surface area contributed by atoms with Crippen LogP contribution in [0.3, 0.4) is 0 Å². The molecule has 0 fully saturated rings. The summed E-state index contributed by atoms with van der Waals surface area (Å²) in [5, 5.41) is 0.373. The van der Waals surface area contributed by atoms with Gasteiger partial charge >= 0.3 is 0 Å². The molecule has 0 unspecified atom stereocenters. The summed E-state index contributed by atoms with van der Waals surface area (Å²) in [6, 6.07) is 12.0. The Morgan fingerprint density at radius 2 is 1.89 bits per heavy atom. The number of halogens is 2. The molecule has 0 spiro atoms. The van der Waals surface area contributed by atoms with Gasteiger partial charge in [0.05, 0.1) is 5.02 Å².